The summed E-state index contributed by atoms with van der Waals surface area (Å²) in [6.45, 7) is -2.62. The first-order valence-electron chi connectivity index (χ1n) is 7.71. The number of ketones is 1. The molecule has 1 heterocycles. The molecule has 0 fully saturated rings. The maximum atomic E-state index is 12.3. The quantitative estimate of drug-likeness (QED) is 0.625. The molecule has 0 saturated heterocycles. The van der Waals surface area contributed by atoms with Crippen molar-refractivity contribution < 1.29 is 22.9 Å². The monoisotopic (exact) mass is 318 g/mol. The van der Waals surface area contributed by atoms with E-state index in [4.69, 9.17) is 0 Å². The van der Waals surface area contributed by atoms with Gasteiger partial charge >= 0.3 is 6.61 Å². The summed E-state index contributed by atoms with van der Waals surface area (Å²) in [5, 5.41) is 0. The lowest BCUT2D eigenvalue weighted by Crippen LogP contribution is -2.38. The van der Waals surface area contributed by atoms with Crippen LogP contribution < -0.4 is 9.30 Å². The molecule has 3 rings (SSSR count). The molecule has 2 aromatic rings. The first-order valence-corrected chi connectivity index (χ1v) is 7.71. The number of hydrogen-bond donors (Lipinski definition) is 0. The summed E-state index contributed by atoms with van der Waals surface area (Å²) in [5.41, 5.74) is 3.16. The number of hydrogen-bond acceptors (Lipinski definition) is 2. The number of aromatic nitrogens is 1. The summed E-state index contributed by atoms with van der Waals surface area (Å²) < 4.78 is 30.4. The number of ether oxygens (including phenoxy) is 1. The lowest BCUT2D eigenvalue weighted by molar-refractivity contribution is -0.683. The van der Waals surface area contributed by atoms with E-state index in [9.17, 15) is 13.6 Å². The lowest BCUT2D eigenvalue weighted by Gasteiger charge is -2.13. The second-order valence-electron chi connectivity index (χ2n) is 5.70. The molecule has 1 aromatic carbocycles. The summed E-state index contributed by atoms with van der Waals surface area (Å²) in [5.74, 6) is -0.00709. The molecule has 0 atom stereocenters. The van der Waals surface area contributed by atoms with Crippen molar-refractivity contribution in [3.8, 4) is 5.75 Å². The Kier molecular flexibility index (Phi) is 4.65. The van der Waals surface area contributed by atoms with E-state index >= 15 is 0 Å². The van der Waals surface area contributed by atoms with Crippen LogP contribution in [0.2, 0.25) is 0 Å². The molecule has 0 amide bonds. The summed E-state index contributed by atoms with van der Waals surface area (Å²) in [4.78, 5) is 12.3. The fourth-order valence-corrected chi connectivity index (χ4v) is 2.90. The molecule has 1 aromatic heterocycles. The SMILES string of the molecule is O=C(C[n+]1ccc2c(c1)CCCC2)c1ccc(OC(F)F)cc1. The molecule has 5 heteroatoms. The molecule has 1 aliphatic rings. The number of halogens is 2. The van der Waals surface area contributed by atoms with Gasteiger partial charge in [0.2, 0.25) is 12.3 Å². The van der Waals surface area contributed by atoms with Gasteiger partial charge in [-0.2, -0.15) is 13.3 Å². The minimum atomic E-state index is -2.86. The van der Waals surface area contributed by atoms with Gasteiger partial charge < -0.3 is 4.74 Å². The minimum absolute atomic E-state index is 0.0537. The van der Waals surface area contributed by atoms with Gasteiger partial charge in [-0.15, -0.1) is 0 Å². The number of aryl methyl sites for hydroxylation is 2. The van der Waals surface area contributed by atoms with Gasteiger partial charge in [0.25, 0.3) is 0 Å². The highest BCUT2D eigenvalue weighted by Crippen LogP contribution is 2.19. The number of rotatable bonds is 5. The van der Waals surface area contributed by atoms with Gasteiger partial charge in [0.05, 0.1) is 0 Å². The first-order chi connectivity index (χ1) is 11.1. The zero-order valence-corrected chi connectivity index (χ0v) is 12.7. The Morgan fingerprint density at radius 1 is 1.09 bits per heavy atom. The average Bonchev–Trinajstić information content (AvgIpc) is 2.55. The van der Waals surface area contributed by atoms with Crippen LogP contribution in [-0.2, 0) is 19.4 Å². The number of nitrogens with zero attached hydrogens (tertiary/aromatic N) is 1. The molecule has 120 valence electrons. The van der Waals surface area contributed by atoms with E-state index in [0.29, 0.717) is 5.56 Å². The molecule has 0 bridgehead atoms. The highest BCUT2D eigenvalue weighted by molar-refractivity contribution is 5.95. The lowest BCUT2D eigenvalue weighted by atomic mass is 9.93. The van der Waals surface area contributed by atoms with Crippen LogP contribution in [-0.4, -0.2) is 12.4 Å². The molecular weight excluding hydrogens is 300 g/mol. The van der Waals surface area contributed by atoms with Crippen LogP contribution in [0.25, 0.3) is 0 Å². The number of alkyl halides is 2. The number of Topliss-reactive ketones (excluding diaryl/α,β-unsaturated/α-hetero) is 1. The molecular formula is C18H18F2NO2+. The molecule has 0 N–H and O–H groups in total. The number of carbonyl (C=O) groups is 1. The molecule has 0 radical (unpaired) electrons. The smallest absolute Gasteiger partial charge is 0.387 e. The van der Waals surface area contributed by atoms with E-state index in [1.807, 2.05) is 17.0 Å². The van der Waals surface area contributed by atoms with E-state index in [1.54, 1.807) is 0 Å². The number of fused-ring (bicyclic) bond motifs is 1. The second-order valence-corrected chi connectivity index (χ2v) is 5.70. The standard InChI is InChI=1S/C18H18F2NO2/c19-18(20)23-16-7-5-14(6-8-16)17(22)12-21-10-9-13-3-1-2-4-15(13)11-21/h5-11,18H,1-4,12H2/q+1. The molecule has 0 unspecified atom stereocenters. The summed E-state index contributed by atoms with van der Waals surface area (Å²) in [7, 11) is 0. The average molecular weight is 318 g/mol. The molecule has 1 aliphatic carbocycles. The van der Waals surface area contributed by atoms with Gasteiger partial charge in [0.1, 0.15) is 5.75 Å². The van der Waals surface area contributed by atoms with Crippen molar-refractivity contribution in [2.75, 3.05) is 0 Å². The molecule has 0 saturated carbocycles. The van der Waals surface area contributed by atoms with Crippen molar-refractivity contribution >= 4 is 5.78 Å². The van der Waals surface area contributed by atoms with Gasteiger partial charge in [-0.3, -0.25) is 4.79 Å². The zero-order chi connectivity index (χ0) is 16.2. The van der Waals surface area contributed by atoms with Crippen LogP contribution >= 0.6 is 0 Å². The van der Waals surface area contributed by atoms with E-state index in [0.717, 1.165) is 12.8 Å². The number of carbonyl (C=O) groups excluding carboxylic acids is 1. The van der Waals surface area contributed by atoms with Crippen molar-refractivity contribution in [3.05, 3.63) is 59.4 Å². The highest BCUT2D eigenvalue weighted by Gasteiger charge is 2.17. The van der Waals surface area contributed by atoms with Gasteiger partial charge in [0, 0.05) is 17.2 Å². The van der Waals surface area contributed by atoms with Gasteiger partial charge in [-0.25, -0.2) is 0 Å². The maximum absolute atomic E-state index is 12.3. The van der Waals surface area contributed by atoms with Crippen LogP contribution in [0.15, 0.2) is 42.7 Å². The molecule has 23 heavy (non-hydrogen) atoms. The predicted octanol–water partition coefficient (Wildman–Crippen LogP) is 3.34. The highest BCUT2D eigenvalue weighted by atomic mass is 19.3. The Hall–Kier alpha value is -2.30. The Morgan fingerprint density at radius 2 is 1.78 bits per heavy atom. The van der Waals surface area contributed by atoms with Crippen molar-refractivity contribution in [3.63, 3.8) is 0 Å². The van der Waals surface area contributed by atoms with Crippen LogP contribution in [0.4, 0.5) is 8.78 Å². The van der Waals surface area contributed by atoms with E-state index in [2.05, 4.69) is 10.8 Å². The fraction of sp³-hybridized carbons (Fsp3) is 0.333. The van der Waals surface area contributed by atoms with Crippen molar-refractivity contribution in [1.82, 2.24) is 0 Å². The third-order valence-electron chi connectivity index (χ3n) is 4.07. The number of benzene rings is 1. The third kappa shape index (κ3) is 3.92. The maximum Gasteiger partial charge on any atom is 0.387 e. The minimum Gasteiger partial charge on any atom is -0.435 e. The third-order valence-corrected chi connectivity index (χ3v) is 4.07. The van der Waals surface area contributed by atoms with Gasteiger partial charge in [-0.1, -0.05) is 0 Å². The molecule has 3 nitrogen and oxygen atoms in total. The Balaban J connectivity index is 1.69. The number of pyridine rings is 1. The van der Waals surface area contributed by atoms with Crippen molar-refractivity contribution in [1.29, 1.82) is 0 Å². The first kappa shape index (κ1) is 15.6. The largest absolute Gasteiger partial charge is 0.435 e. The summed E-state index contributed by atoms with van der Waals surface area (Å²) in [6, 6.07) is 7.88. The second kappa shape index (κ2) is 6.86. The topological polar surface area (TPSA) is 30.2 Å². The van der Waals surface area contributed by atoms with Gasteiger partial charge in [-0.05, 0) is 55.5 Å². The summed E-state index contributed by atoms with van der Waals surface area (Å²) >= 11 is 0. The van der Waals surface area contributed by atoms with Crippen LogP contribution in [0.3, 0.4) is 0 Å². The zero-order valence-electron chi connectivity index (χ0n) is 12.7. The van der Waals surface area contributed by atoms with E-state index < -0.39 is 6.61 Å². The predicted molar refractivity (Wildman–Crippen MR) is 80.7 cm³/mol. The molecule has 0 aliphatic heterocycles. The Morgan fingerprint density at radius 3 is 2.48 bits per heavy atom. The van der Waals surface area contributed by atoms with Crippen LogP contribution in [0.1, 0.15) is 34.3 Å². The Labute approximate surface area is 133 Å². The normalized spacial score (nSPS) is 13.7. The van der Waals surface area contributed by atoms with E-state index in [-0.39, 0.29) is 18.1 Å². The van der Waals surface area contributed by atoms with Crippen LogP contribution in [0, 0.1) is 0 Å². The van der Waals surface area contributed by atoms with Crippen molar-refractivity contribution in [2.45, 2.75) is 38.8 Å². The van der Waals surface area contributed by atoms with Crippen LogP contribution in [0.5, 0.6) is 5.75 Å². The fourth-order valence-electron chi connectivity index (χ4n) is 2.90. The van der Waals surface area contributed by atoms with Crippen molar-refractivity contribution in [2.24, 2.45) is 0 Å². The van der Waals surface area contributed by atoms with Gasteiger partial charge in [0.15, 0.2) is 12.4 Å². The van der Waals surface area contributed by atoms with E-state index in [1.165, 1.54) is 48.2 Å². The summed E-state index contributed by atoms with van der Waals surface area (Å²) in [6.07, 6.45) is 8.55. The Bertz CT molecular complexity index is 699. The molecule has 0 spiro atoms.